The average Bonchev–Trinajstić information content (AvgIpc) is 1.61. The van der Waals surface area contributed by atoms with E-state index in [0.717, 1.165) is 5.31 Å². The Labute approximate surface area is 46.7 Å². The summed E-state index contributed by atoms with van der Waals surface area (Å²) >= 11 is 0. The first-order valence-electron chi connectivity index (χ1n) is 2.17. The Morgan fingerprint density at radius 3 is 2.43 bits per heavy atom. The summed E-state index contributed by atoms with van der Waals surface area (Å²) in [6.07, 6.45) is 3.55. The first-order chi connectivity index (χ1) is 3.27. The Balaban J connectivity index is 3.46. The normalized spacial score (nSPS) is 13.3. The van der Waals surface area contributed by atoms with Crippen molar-refractivity contribution in [3.63, 3.8) is 0 Å². The SMILES string of the molecule is CC=N/C=C(\C)P. The maximum atomic E-state index is 3.86. The van der Waals surface area contributed by atoms with E-state index in [9.17, 15) is 0 Å². The van der Waals surface area contributed by atoms with E-state index >= 15 is 0 Å². The van der Waals surface area contributed by atoms with Gasteiger partial charge >= 0.3 is 0 Å². The molecule has 0 aliphatic rings. The molecule has 0 rings (SSSR count). The van der Waals surface area contributed by atoms with Gasteiger partial charge in [-0.05, 0) is 19.2 Å². The zero-order chi connectivity index (χ0) is 5.70. The highest BCUT2D eigenvalue weighted by Crippen LogP contribution is 2.00. The molecule has 0 heterocycles. The number of nitrogens with zero attached hydrogens (tertiary/aromatic N) is 1. The van der Waals surface area contributed by atoms with Crippen LogP contribution in [0.2, 0.25) is 0 Å². The summed E-state index contributed by atoms with van der Waals surface area (Å²) in [5, 5.41) is 1.15. The summed E-state index contributed by atoms with van der Waals surface area (Å²) in [5.74, 6) is 0. The molecule has 0 fully saturated rings. The van der Waals surface area contributed by atoms with E-state index in [2.05, 4.69) is 14.2 Å². The van der Waals surface area contributed by atoms with E-state index in [4.69, 9.17) is 0 Å². The average molecular weight is 115 g/mol. The fraction of sp³-hybridized carbons (Fsp3) is 0.400. The van der Waals surface area contributed by atoms with Gasteiger partial charge in [0.2, 0.25) is 0 Å². The Morgan fingerprint density at radius 2 is 2.29 bits per heavy atom. The molecule has 0 bridgehead atoms. The predicted octanol–water partition coefficient (Wildman–Crippen LogP) is 1.81. The third-order valence-electron chi connectivity index (χ3n) is 0.427. The van der Waals surface area contributed by atoms with Crippen LogP contribution >= 0.6 is 9.24 Å². The van der Waals surface area contributed by atoms with Crippen molar-refractivity contribution in [2.24, 2.45) is 4.99 Å². The molecular formula is C5H10NP. The molecule has 0 aromatic rings. The molecule has 0 aromatic carbocycles. The summed E-state index contributed by atoms with van der Waals surface area (Å²) in [6, 6.07) is 0. The minimum atomic E-state index is 1.15. The number of aliphatic imine (C=N–C) groups is 1. The molecule has 0 radical (unpaired) electrons. The van der Waals surface area contributed by atoms with Gasteiger partial charge in [0.15, 0.2) is 0 Å². The fourth-order valence-corrected chi connectivity index (χ4v) is 0.278. The van der Waals surface area contributed by atoms with Crippen molar-refractivity contribution in [3.05, 3.63) is 11.5 Å². The molecule has 1 nitrogen and oxygen atoms in total. The van der Waals surface area contributed by atoms with Gasteiger partial charge in [-0.15, -0.1) is 9.24 Å². The van der Waals surface area contributed by atoms with Gasteiger partial charge in [0.05, 0.1) is 0 Å². The van der Waals surface area contributed by atoms with Crippen LogP contribution in [0.25, 0.3) is 0 Å². The molecule has 0 aliphatic heterocycles. The van der Waals surface area contributed by atoms with Crippen LogP contribution in [0, 0.1) is 0 Å². The van der Waals surface area contributed by atoms with E-state index in [-0.39, 0.29) is 0 Å². The lowest BCUT2D eigenvalue weighted by atomic mass is 10.7. The van der Waals surface area contributed by atoms with Crippen LogP contribution in [0.3, 0.4) is 0 Å². The van der Waals surface area contributed by atoms with Gasteiger partial charge in [-0.1, -0.05) is 0 Å². The second kappa shape index (κ2) is 4.01. The van der Waals surface area contributed by atoms with Crippen molar-refractivity contribution >= 4 is 15.5 Å². The molecular weight excluding hydrogens is 105 g/mol. The zero-order valence-corrected chi connectivity index (χ0v) is 5.83. The van der Waals surface area contributed by atoms with E-state index in [1.165, 1.54) is 0 Å². The van der Waals surface area contributed by atoms with Crippen LogP contribution in [-0.2, 0) is 0 Å². The van der Waals surface area contributed by atoms with Gasteiger partial charge in [-0.3, -0.25) is 4.99 Å². The second-order valence-corrected chi connectivity index (χ2v) is 2.19. The minimum Gasteiger partial charge on any atom is -0.269 e. The standard InChI is InChI=1S/C5H10NP/c1-3-6-4-5(2)7/h3-4H,7H2,1-2H3/b5-4+,6-3?. The van der Waals surface area contributed by atoms with Crippen molar-refractivity contribution in [2.75, 3.05) is 0 Å². The van der Waals surface area contributed by atoms with E-state index in [1.807, 2.05) is 13.8 Å². The van der Waals surface area contributed by atoms with Gasteiger partial charge in [0.25, 0.3) is 0 Å². The number of allylic oxidation sites excluding steroid dienone is 1. The molecule has 1 atom stereocenters. The van der Waals surface area contributed by atoms with Crippen molar-refractivity contribution < 1.29 is 0 Å². The summed E-state index contributed by atoms with van der Waals surface area (Å²) in [7, 11) is 2.55. The summed E-state index contributed by atoms with van der Waals surface area (Å²) < 4.78 is 0. The van der Waals surface area contributed by atoms with Gasteiger partial charge in [-0.2, -0.15) is 0 Å². The van der Waals surface area contributed by atoms with Crippen LogP contribution in [0.4, 0.5) is 0 Å². The molecule has 0 aromatic heterocycles. The van der Waals surface area contributed by atoms with Crippen molar-refractivity contribution in [2.45, 2.75) is 13.8 Å². The Kier molecular flexibility index (Phi) is 3.92. The molecule has 0 saturated heterocycles. The first-order valence-corrected chi connectivity index (χ1v) is 2.75. The first kappa shape index (κ1) is 6.84. The summed E-state index contributed by atoms with van der Waals surface area (Å²) in [5.41, 5.74) is 0. The minimum absolute atomic E-state index is 1.15. The molecule has 0 spiro atoms. The number of hydrogen-bond donors (Lipinski definition) is 0. The van der Waals surface area contributed by atoms with Crippen LogP contribution in [-0.4, -0.2) is 6.21 Å². The third kappa shape index (κ3) is 5.84. The monoisotopic (exact) mass is 115 g/mol. The molecule has 0 N–H and O–H groups in total. The lowest BCUT2D eigenvalue weighted by Crippen LogP contribution is -1.55. The lowest BCUT2D eigenvalue weighted by molar-refractivity contribution is 1.51. The lowest BCUT2D eigenvalue weighted by Gasteiger charge is -1.77. The number of hydrogen-bond acceptors (Lipinski definition) is 1. The Hall–Kier alpha value is -0.160. The van der Waals surface area contributed by atoms with Gasteiger partial charge in [0, 0.05) is 12.4 Å². The highest BCUT2D eigenvalue weighted by Gasteiger charge is 1.66. The Bertz CT molecular complexity index is 90.3. The van der Waals surface area contributed by atoms with Gasteiger partial charge in [-0.25, -0.2) is 0 Å². The van der Waals surface area contributed by atoms with Crippen molar-refractivity contribution in [1.82, 2.24) is 0 Å². The molecule has 0 saturated carbocycles. The van der Waals surface area contributed by atoms with E-state index < -0.39 is 0 Å². The smallest absolute Gasteiger partial charge is 0.0292 e. The second-order valence-electron chi connectivity index (χ2n) is 1.28. The number of rotatable bonds is 1. The quantitative estimate of drug-likeness (QED) is 0.365. The van der Waals surface area contributed by atoms with Crippen LogP contribution in [0.5, 0.6) is 0 Å². The van der Waals surface area contributed by atoms with Crippen LogP contribution < -0.4 is 0 Å². The maximum absolute atomic E-state index is 3.86. The maximum Gasteiger partial charge on any atom is 0.0292 e. The molecule has 40 valence electrons. The Morgan fingerprint density at radius 1 is 1.71 bits per heavy atom. The molecule has 0 aliphatic carbocycles. The van der Waals surface area contributed by atoms with Crippen molar-refractivity contribution in [1.29, 1.82) is 0 Å². The topological polar surface area (TPSA) is 12.4 Å². The predicted molar refractivity (Wildman–Crippen MR) is 37.6 cm³/mol. The third-order valence-corrected chi connectivity index (χ3v) is 0.576. The van der Waals surface area contributed by atoms with Crippen LogP contribution in [0.1, 0.15) is 13.8 Å². The molecule has 0 amide bonds. The highest BCUT2D eigenvalue weighted by atomic mass is 31.0. The van der Waals surface area contributed by atoms with Gasteiger partial charge < -0.3 is 0 Å². The van der Waals surface area contributed by atoms with Gasteiger partial charge in [0.1, 0.15) is 0 Å². The molecule has 2 heteroatoms. The van der Waals surface area contributed by atoms with Crippen molar-refractivity contribution in [3.8, 4) is 0 Å². The fourth-order valence-electron chi connectivity index (χ4n) is 0.192. The van der Waals surface area contributed by atoms with E-state index in [0.29, 0.717) is 0 Å². The molecule has 7 heavy (non-hydrogen) atoms. The summed E-state index contributed by atoms with van der Waals surface area (Å²) in [4.78, 5) is 3.86. The molecule has 1 unspecified atom stereocenters. The highest BCUT2D eigenvalue weighted by molar-refractivity contribution is 7.22. The largest absolute Gasteiger partial charge is 0.269 e. The van der Waals surface area contributed by atoms with E-state index in [1.54, 1.807) is 12.4 Å². The summed E-state index contributed by atoms with van der Waals surface area (Å²) in [6.45, 7) is 3.88. The zero-order valence-electron chi connectivity index (χ0n) is 4.68. The van der Waals surface area contributed by atoms with Crippen LogP contribution in [0.15, 0.2) is 16.5 Å².